The Bertz CT molecular complexity index is 1000. The van der Waals surface area contributed by atoms with Crippen molar-refractivity contribution in [2.45, 2.75) is 26.4 Å². The summed E-state index contributed by atoms with van der Waals surface area (Å²) in [5.41, 5.74) is 3.98. The lowest BCUT2D eigenvalue weighted by Gasteiger charge is -2.37. The van der Waals surface area contributed by atoms with Crippen LogP contribution in [0.1, 0.15) is 31.9 Å². The molecular weight excluding hydrogens is 392 g/mol. The van der Waals surface area contributed by atoms with Crippen LogP contribution in [0.2, 0.25) is 0 Å². The zero-order valence-corrected chi connectivity index (χ0v) is 18.2. The molecule has 0 spiro atoms. The van der Waals surface area contributed by atoms with Crippen LogP contribution in [0.3, 0.4) is 0 Å². The minimum absolute atomic E-state index is 0.100. The Balaban J connectivity index is 1.52. The molecule has 1 fully saturated rings. The van der Waals surface area contributed by atoms with E-state index in [0.717, 1.165) is 28.2 Å². The van der Waals surface area contributed by atoms with E-state index in [2.05, 4.69) is 21.3 Å². The van der Waals surface area contributed by atoms with E-state index >= 15 is 0 Å². The molecule has 2 aromatic rings. The predicted molar refractivity (Wildman–Crippen MR) is 122 cm³/mol. The minimum Gasteiger partial charge on any atom is -0.444 e. The largest absolute Gasteiger partial charge is 0.444 e. The first-order valence-corrected chi connectivity index (χ1v) is 10.6. The molecule has 1 saturated heterocycles. The van der Waals surface area contributed by atoms with Crippen LogP contribution in [0.4, 0.5) is 16.2 Å². The first-order chi connectivity index (χ1) is 14.8. The molecule has 4 rings (SSSR count). The van der Waals surface area contributed by atoms with Crippen LogP contribution in [-0.2, 0) is 9.53 Å². The molecule has 0 unspecified atom stereocenters. The second-order valence-electron chi connectivity index (χ2n) is 8.76. The zero-order valence-electron chi connectivity index (χ0n) is 18.2. The number of hydrogen-bond donors (Lipinski definition) is 1. The molecule has 7 nitrogen and oxygen atoms in total. The molecule has 0 atom stereocenters. The van der Waals surface area contributed by atoms with Crippen LogP contribution in [-0.4, -0.2) is 60.9 Å². The van der Waals surface area contributed by atoms with Gasteiger partial charge >= 0.3 is 6.09 Å². The number of hydrogen-bond acceptors (Lipinski definition) is 5. The van der Waals surface area contributed by atoms with Crippen molar-refractivity contribution in [3.05, 3.63) is 59.7 Å². The number of aliphatic imine (C=N–C) groups is 1. The summed E-state index contributed by atoms with van der Waals surface area (Å²) in [6, 6.07) is 16.0. The third-order valence-electron chi connectivity index (χ3n) is 5.26. The van der Waals surface area contributed by atoms with E-state index < -0.39 is 5.60 Å². The molecule has 0 bridgehead atoms. The van der Waals surface area contributed by atoms with Crippen molar-refractivity contribution in [2.75, 3.05) is 42.9 Å². The number of nitrogens with one attached hydrogen (secondary N) is 1. The van der Waals surface area contributed by atoms with Gasteiger partial charge in [0.15, 0.2) is 0 Å². The second-order valence-corrected chi connectivity index (χ2v) is 8.76. The fraction of sp³-hybridized carbons (Fsp3) is 0.375. The molecule has 2 amide bonds. The molecule has 0 aliphatic carbocycles. The number of piperazine rings is 1. The molecule has 1 N–H and O–H groups in total. The van der Waals surface area contributed by atoms with Crippen LogP contribution < -0.4 is 10.2 Å². The van der Waals surface area contributed by atoms with Crippen molar-refractivity contribution in [3.8, 4) is 0 Å². The Morgan fingerprint density at radius 1 is 1.03 bits per heavy atom. The summed E-state index contributed by atoms with van der Waals surface area (Å²) < 4.78 is 5.48. The molecule has 2 heterocycles. The van der Waals surface area contributed by atoms with E-state index in [1.807, 2.05) is 63.2 Å². The Kier molecular flexibility index (Phi) is 5.67. The first kappa shape index (κ1) is 20.9. The van der Waals surface area contributed by atoms with Crippen molar-refractivity contribution in [2.24, 2.45) is 4.99 Å². The molecule has 162 valence electrons. The van der Waals surface area contributed by atoms with Gasteiger partial charge in [0.2, 0.25) is 5.91 Å². The van der Waals surface area contributed by atoms with E-state index in [4.69, 9.17) is 4.74 Å². The van der Waals surface area contributed by atoms with Crippen LogP contribution in [0, 0.1) is 0 Å². The van der Waals surface area contributed by atoms with Gasteiger partial charge in [0, 0.05) is 43.0 Å². The topological polar surface area (TPSA) is 74.2 Å². The highest BCUT2D eigenvalue weighted by molar-refractivity contribution is 6.19. The maximum absolute atomic E-state index is 12.3. The molecule has 0 aromatic heterocycles. The summed E-state index contributed by atoms with van der Waals surface area (Å²) in [5, 5.41) is 2.99. The van der Waals surface area contributed by atoms with Crippen molar-refractivity contribution >= 4 is 29.1 Å². The Labute approximate surface area is 182 Å². The van der Waals surface area contributed by atoms with Gasteiger partial charge in [-0.05, 0) is 39.0 Å². The van der Waals surface area contributed by atoms with Gasteiger partial charge < -0.3 is 19.9 Å². The number of amides is 2. The fourth-order valence-electron chi connectivity index (χ4n) is 3.78. The van der Waals surface area contributed by atoms with Crippen molar-refractivity contribution in [3.63, 3.8) is 0 Å². The van der Waals surface area contributed by atoms with Gasteiger partial charge in [-0.1, -0.05) is 30.3 Å². The van der Waals surface area contributed by atoms with Gasteiger partial charge in [0.1, 0.15) is 12.1 Å². The average molecular weight is 421 g/mol. The van der Waals surface area contributed by atoms with E-state index in [9.17, 15) is 9.59 Å². The predicted octanol–water partition coefficient (Wildman–Crippen LogP) is 3.53. The number of anilines is 2. The standard InChI is InChI=1S/C24H28N4O3/c1-24(2,3)31-23(30)28-13-11-27(12-14-28)18-9-10-19-20(15-18)26-21(29)16-25-22(19)17-7-5-4-6-8-17/h4-10,15H,11-14,16H2,1-3H3,(H,26,29). The fourth-order valence-corrected chi connectivity index (χ4v) is 3.78. The maximum Gasteiger partial charge on any atom is 0.410 e. The lowest BCUT2D eigenvalue weighted by atomic mass is 10.00. The quantitative estimate of drug-likeness (QED) is 0.807. The summed E-state index contributed by atoms with van der Waals surface area (Å²) in [4.78, 5) is 33.1. The van der Waals surface area contributed by atoms with Crippen molar-refractivity contribution in [1.82, 2.24) is 4.90 Å². The number of carbonyl (C=O) groups is 2. The number of carbonyl (C=O) groups excluding carboxylic acids is 2. The Hall–Kier alpha value is -3.35. The summed E-state index contributed by atoms with van der Waals surface area (Å²) in [5.74, 6) is -0.126. The molecule has 7 heteroatoms. The maximum atomic E-state index is 12.3. The molecular formula is C24H28N4O3. The number of benzene rings is 2. The summed E-state index contributed by atoms with van der Waals surface area (Å²) in [6.45, 7) is 8.30. The molecule has 0 radical (unpaired) electrons. The molecule has 31 heavy (non-hydrogen) atoms. The van der Waals surface area contributed by atoms with Gasteiger partial charge in [-0.3, -0.25) is 9.79 Å². The Morgan fingerprint density at radius 2 is 1.74 bits per heavy atom. The van der Waals surface area contributed by atoms with E-state index in [0.29, 0.717) is 26.2 Å². The first-order valence-electron chi connectivity index (χ1n) is 10.6. The van der Waals surface area contributed by atoms with E-state index in [1.54, 1.807) is 4.90 Å². The third-order valence-corrected chi connectivity index (χ3v) is 5.26. The molecule has 2 aliphatic rings. The molecule has 2 aliphatic heterocycles. The normalized spacial score (nSPS) is 16.7. The van der Waals surface area contributed by atoms with Gasteiger partial charge in [-0.15, -0.1) is 0 Å². The van der Waals surface area contributed by atoms with E-state index in [1.165, 1.54) is 0 Å². The molecule has 2 aromatic carbocycles. The minimum atomic E-state index is -0.499. The summed E-state index contributed by atoms with van der Waals surface area (Å²) in [7, 11) is 0. The van der Waals surface area contributed by atoms with Gasteiger partial charge in [-0.2, -0.15) is 0 Å². The van der Waals surface area contributed by atoms with Gasteiger partial charge in [0.05, 0.1) is 11.4 Å². The second kappa shape index (κ2) is 8.41. The third kappa shape index (κ3) is 4.87. The highest BCUT2D eigenvalue weighted by atomic mass is 16.6. The number of fused-ring (bicyclic) bond motifs is 1. The lowest BCUT2D eigenvalue weighted by Crippen LogP contribution is -2.50. The number of rotatable bonds is 2. The van der Waals surface area contributed by atoms with Crippen LogP contribution in [0.15, 0.2) is 53.5 Å². The molecule has 0 saturated carbocycles. The van der Waals surface area contributed by atoms with Crippen LogP contribution >= 0.6 is 0 Å². The van der Waals surface area contributed by atoms with Gasteiger partial charge in [-0.25, -0.2) is 4.79 Å². The van der Waals surface area contributed by atoms with Crippen molar-refractivity contribution in [1.29, 1.82) is 0 Å². The van der Waals surface area contributed by atoms with Crippen LogP contribution in [0.25, 0.3) is 0 Å². The zero-order chi connectivity index (χ0) is 22.0. The number of benzodiazepines with no additional fused rings is 1. The monoisotopic (exact) mass is 420 g/mol. The Morgan fingerprint density at radius 3 is 2.42 bits per heavy atom. The smallest absolute Gasteiger partial charge is 0.410 e. The summed E-state index contributed by atoms with van der Waals surface area (Å²) in [6.07, 6.45) is -0.273. The van der Waals surface area contributed by atoms with Crippen molar-refractivity contribution < 1.29 is 14.3 Å². The SMILES string of the molecule is CC(C)(C)OC(=O)N1CCN(c2ccc3c(c2)NC(=O)CN=C3c2ccccc2)CC1. The van der Waals surface area contributed by atoms with E-state index in [-0.39, 0.29) is 18.5 Å². The number of nitrogens with zero attached hydrogens (tertiary/aromatic N) is 3. The lowest BCUT2D eigenvalue weighted by molar-refractivity contribution is -0.114. The summed E-state index contributed by atoms with van der Waals surface area (Å²) >= 11 is 0. The number of ether oxygens (including phenoxy) is 1. The highest BCUT2D eigenvalue weighted by Gasteiger charge is 2.27. The van der Waals surface area contributed by atoms with Crippen LogP contribution in [0.5, 0.6) is 0 Å². The average Bonchev–Trinajstić information content (AvgIpc) is 2.91. The van der Waals surface area contributed by atoms with Gasteiger partial charge in [0.25, 0.3) is 0 Å². The highest BCUT2D eigenvalue weighted by Crippen LogP contribution is 2.29.